The fourth-order valence-electron chi connectivity index (χ4n) is 3.09. The third-order valence-corrected chi connectivity index (χ3v) is 5.72. The van der Waals surface area contributed by atoms with E-state index >= 15 is 0 Å². The van der Waals surface area contributed by atoms with Crippen molar-refractivity contribution in [2.75, 3.05) is 18.2 Å². The standard InChI is InChI=1S/C23H18ClN5O3S/c1-32-22(31)18-9-2-3-10-19(18)26-20(30)14-33-23-28-27-21(15-6-5-11-25-13-15)29(23)17-8-4-7-16(24)12-17/h2-13H,14H2,1H3,(H,26,30). The Morgan fingerprint density at radius 2 is 1.94 bits per heavy atom. The minimum Gasteiger partial charge on any atom is -0.465 e. The molecule has 0 saturated heterocycles. The number of ether oxygens (including phenoxy) is 1. The van der Waals surface area contributed by atoms with Crippen molar-refractivity contribution in [2.24, 2.45) is 0 Å². The van der Waals surface area contributed by atoms with E-state index in [2.05, 4.69) is 20.5 Å². The number of pyridine rings is 1. The zero-order valence-electron chi connectivity index (χ0n) is 17.4. The van der Waals surface area contributed by atoms with E-state index in [1.165, 1.54) is 18.9 Å². The van der Waals surface area contributed by atoms with Gasteiger partial charge in [0.2, 0.25) is 5.91 Å². The monoisotopic (exact) mass is 479 g/mol. The Hall–Kier alpha value is -3.69. The predicted molar refractivity (Wildman–Crippen MR) is 127 cm³/mol. The third kappa shape index (κ3) is 5.21. The van der Waals surface area contributed by atoms with Crippen molar-refractivity contribution in [1.29, 1.82) is 0 Å². The van der Waals surface area contributed by atoms with E-state index in [4.69, 9.17) is 16.3 Å². The number of para-hydroxylation sites is 1. The Morgan fingerprint density at radius 3 is 2.70 bits per heavy atom. The third-order valence-electron chi connectivity index (χ3n) is 4.56. The summed E-state index contributed by atoms with van der Waals surface area (Å²) in [5.41, 5.74) is 2.18. The fraction of sp³-hybridized carbons (Fsp3) is 0.0870. The first-order valence-electron chi connectivity index (χ1n) is 9.78. The van der Waals surface area contributed by atoms with Crippen molar-refractivity contribution in [3.63, 3.8) is 0 Å². The van der Waals surface area contributed by atoms with Gasteiger partial charge in [0, 0.05) is 23.0 Å². The Kier molecular flexibility index (Phi) is 7.01. The van der Waals surface area contributed by atoms with Crippen LogP contribution in [0.25, 0.3) is 17.1 Å². The first-order valence-corrected chi connectivity index (χ1v) is 11.1. The molecule has 8 nitrogen and oxygen atoms in total. The number of carbonyl (C=O) groups is 2. The van der Waals surface area contributed by atoms with Crippen LogP contribution in [0.15, 0.2) is 78.2 Å². The lowest BCUT2D eigenvalue weighted by molar-refractivity contribution is -0.113. The fourth-order valence-corrected chi connectivity index (χ4v) is 4.03. The molecule has 4 rings (SSSR count). The Labute approximate surface area is 199 Å². The van der Waals surface area contributed by atoms with Crippen LogP contribution in [0.4, 0.5) is 5.69 Å². The van der Waals surface area contributed by atoms with Crippen molar-refractivity contribution in [3.8, 4) is 17.1 Å². The lowest BCUT2D eigenvalue weighted by atomic mass is 10.2. The molecule has 33 heavy (non-hydrogen) atoms. The number of rotatable bonds is 7. The van der Waals surface area contributed by atoms with Gasteiger partial charge < -0.3 is 10.1 Å². The Morgan fingerprint density at radius 1 is 1.09 bits per heavy atom. The number of thioether (sulfide) groups is 1. The number of benzene rings is 2. The second kappa shape index (κ2) is 10.3. The van der Waals surface area contributed by atoms with Crippen LogP contribution in [-0.2, 0) is 9.53 Å². The van der Waals surface area contributed by atoms with Gasteiger partial charge in [-0.25, -0.2) is 4.79 Å². The Balaban J connectivity index is 1.59. The van der Waals surface area contributed by atoms with Crippen LogP contribution < -0.4 is 5.32 Å². The number of anilines is 1. The van der Waals surface area contributed by atoms with Crippen LogP contribution in [0.2, 0.25) is 5.02 Å². The van der Waals surface area contributed by atoms with E-state index in [9.17, 15) is 9.59 Å². The van der Waals surface area contributed by atoms with Gasteiger partial charge in [0.15, 0.2) is 11.0 Å². The van der Waals surface area contributed by atoms with Crippen molar-refractivity contribution >= 4 is 40.9 Å². The molecule has 0 unspecified atom stereocenters. The second-order valence-corrected chi connectivity index (χ2v) is 8.12. The van der Waals surface area contributed by atoms with Crippen molar-refractivity contribution in [2.45, 2.75) is 5.16 Å². The van der Waals surface area contributed by atoms with Gasteiger partial charge in [-0.1, -0.05) is 41.6 Å². The highest BCUT2D eigenvalue weighted by atomic mass is 35.5. The van der Waals surface area contributed by atoms with E-state index in [1.54, 1.807) is 48.8 Å². The molecule has 0 fully saturated rings. The van der Waals surface area contributed by atoms with Crippen LogP contribution >= 0.6 is 23.4 Å². The van der Waals surface area contributed by atoms with Crippen molar-refractivity contribution in [3.05, 3.63) is 83.6 Å². The number of nitrogens with zero attached hydrogens (tertiary/aromatic N) is 4. The summed E-state index contributed by atoms with van der Waals surface area (Å²) < 4.78 is 6.60. The number of amides is 1. The minimum atomic E-state index is -0.527. The SMILES string of the molecule is COC(=O)c1ccccc1NC(=O)CSc1nnc(-c2cccnc2)n1-c1cccc(Cl)c1. The quantitative estimate of drug-likeness (QED) is 0.307. The summed E-state index contributed by atoms with van der Waals surface area (Å²) >= 11 is 7.42. The summed E-state index contributed by atoms with van der Waals surface area (Å²) in [5.74, 6) is -0.217. The molecule has 2 heterocycles. The highest BCUT2D eigenvalue weighted by Gasteiger charge is 2.19. The second-order valence-electron chi connectivity index (χ2n) is 6.74. The molecule has 2 aromatic carbocycles. The van der Waals surface area contributed by atoms with E-state index < -0.39 is 5.97 Å². The topological polar surface area (TPSA) is 99.0 Å². The van der Waals surface area contributed by atoms with Crippen LogP contribution in [0.5, 0.6) is 0 Å². The first kappa shape index (κ1) is 22.5. The van der Waals surface area contributed by atoms with E-state index in [1.807, 2.05) is 28.8 Å². The van der Waals surface area contributed by atoms with Gasteiger partial charge in [-0.15, -0.1) is 10.2 Å². The molecule has 0 aliphatic rings. The number of esters is 1. The number of methoxy groups -OCH3 is 1. The molecule has 10 heteroatoms. The summed E-state index contributed by atoms with van der Waals surface area (Å²) in [4.78, 5) is 28.8. The van der Waals surface area contributed by atoms with Crippen LogP contribution in [0, 0.1) is 0 Å². The summed E-state index contributed by atoms with van der Waals surface area (Å²) in [7, 11) is 1.29. The highest BCUT2D eigenvalue weighted by Crippen LogP contribution is 2.29. The zero-order valence-corrected chi connectivity index (χ0v) is 19.0. The molecule has 1 N–H and O–H groups in total. The van der Waals surface area contributed by atoms with Gasteiger partial charge in [-0.3, -0.25) is 14.3 Å². The van der Waals surface area contributed by atoms with Gasteiger partial charge in [0.25, 0.3) is 0 Å². The molecule has 0 atom stereocenters. The summed E-state index contributed by atoms with van der Waals surface area (Å²) in [6.07, 6.45) is 3.37. The van der Waals surface area contributed by atoms with E-state index in [-0.39, 0.29) is 17.2 Å². The largest absolute Gasteiger partial charge is 0.465 e. The average Bonchev–Trinajstić information content (AvgIpc) is 3.27. The molecular weight excluding hydrogens is 462 g/mol. The zero-order chi connectivity index (χ0) is 23.2. The number of aromatic nitrogens is 4. The lowest BCUT2D eigenvalue weighted by Crippen LogP contribution is -2.17. The average molecular weight is 480 g/mol. The number of nitrogens with one attached hydrogen (secondary N) is 1. The lowest BCUT2D eigenvalue weighted by Gasteiger charge is -2.11. The molecule has 4 aromatic rings. The number of carbonyl (C=O) groups excluding carboxylic acids is 2. The first-order chi connectivity index (χ1) is 16.1. The molecule has 0 aliphatic heterocycles. The smallest absolute Gasteiger partial charge is 0.339 e. The number of hydrogen-bond acceptors (Lipinski definition) is 7. The number of hydrogen-bond donors (Lipinski definition) is 1. The van der Waals surface area contributed by atoms with Crippen LogP contribution in [0.3, 0.4) is 0 Å². The van der Waals surface area contributed by atoms with Crippen LogP contribution in [-0.4, -0.2) is 44.5 Å². The maximum Gasteiger partial charge on any atom is 0.339 e. The normalized spacial score (nSPS) is 10.6. The van der Waals surface area contributed by atoms with Gasteiger partial charge >= 0.3 is 5.97 Å². The number of halogens is 1. The van der Waals surface area contributed by atoms with E-state index in [0.29, 0.717) is 21.7 Å². The predicted octanol–water partition coefficient (Wildman–Crippen LogP) is 4.50. The molecular formula is C23H18ClN5O3S. The summed E-state index contributed by atoms with van der Waals surface area (Å²) in [6, 6.07) is 17.6. The molecule has 1 amide bonds. The Bertz CT molecular complexity index is 1300. The maximum atomic E-state index is 12.7. The van der Waals surface area contributed by atoms with Gasteiger partial charge in [0.05, 0.1) is 29.8 Å². The molecule has 2 aromatic heterocycles. The maximum absolute atomic E-state index is 12.7. The van der Waals surface area contributed by atoms with Crippen molar-refractivity contribution in [1.82, 2.24) is 19.7 Å². The molecule has 166 valence electrons. The van der Waals surface area contributed by atoms with Gasteiger partial charge in [0.1, 0.15) is 0 Å². The van der Waals surface area contributed by atoms with Gasteiger partial charge in [-0.05, 0) is 42.5 Å². The van der Waals surface area contributed by atoms with Crippen molar-refractivity contribution < 1.29 is 14.3 Å². The molecule has 0 radical (unpaired) electrons. The highest BCUT2D eigenvalue weighted by molar-refractivity contribution is 7.99. The van der Waals surface area contributed by atoms with E-state index in [0.717, 1.165) is 11.3 Å². The van der Waals surface area contributed by atoms with Gasteiger partial charge in [-0.2, -0.15) is 0 Å². The molecule has 0 aliphatic carbocycles. The molecule has 0 spiro atoms. The molecule has 0 saturated carbocycles. The summed E-state index contributed by atoms with van der Waals surface area (Å²) in [5, 5.41) is 12.4. The van der Waals surface area contributed by atoms with Crippen LogP contribution in [0.1, 0.15) is 10.4 Å². The molecule has 0 bridgehead atoms. The minimum absolute atomic E-state index is 0.0429. The summed E-state index contributed by atoms with van der Waals surface area (Å²) in [6.45, 7) is 0.